The molecule has 0 heterocycles. The van der Waals surface area contributed by atoms with E-state index in [-0.39, 0.29) is 0 Å². The van der Waals surface area contributed by atoms with E-state index in [4.69, 9.17) is 5.53 Å². The monoisotopic (exact) mass is 347 g/mol. The average Bonchev–Trinajstić information content (AvgIpc) is 2.37. The van der Waals surface area contributed by atoms with E-state index in [1.807, 2.05) is 0 Å². The molecular formula is C13H29N3Sn. The second kappa shape index (κ2) is 11.2. The van der Waals surface area contributed by atoms with Crippen LogP contribution in [0.15, 0.2) is 5.11 Å². The predicted octanol–water partition coefficient (Wildman–Crippen LogP) is 5.69. The Morgan fingerprint density at radius 3 is 1.59 bits per heavy atom. The van der Waals surface area contributed by atoms with Gasteiger partial charge in [0.2, 0.25) is 0 Å². The van der Waals surface area contributed by atoms with Crippen molar-refractivity contribution in [3.8, 4) is 0 Å². The summed E-state index contributed by atoms with van der Waals surface area (Å²) in [5.41, 5.74) is 8.60. The molecule has 17 heavy (non-hydrogen) atoms. The molecule has 0 aromatic carbocycles. The second-order valence-electron chi connectivity index (χ2n) is 5.20. The van der Waals surface area contributed by atoms with Gasteiger partial charge in [-0.1, -0.05) is 0 Å². The van der Waals surface area contributed by atoms with E-state index in [1.165, 1.54) is 51.8 Å². The third-order valence-electron chi connectivity index (χ3n) is 3.65. The first kappa shape index (κ1) is 17.1. The Balaban J connectivity index is 4.56. The molecule has 0 bridgehead atoms. The van der Waals surface area contributed by atoms with Crippen LogP contribution in [0, 0.1) is 0 Å². The van der Waals surface area contributed by atoms with Crippen molar-refractivity contribution in [3.05, 3.63) is 10.4 Å². The Bertz CT molecular complexity index is 203. The molecule has 0 aliphatic rings. The van der Waals surface area contributed by atoms with Gasteiger partial charge in [0.1, 0.15) is 0 Å². The van der Waals surface area contributed by atoms with Crippen molar-refractivity contribution in [2.45, 2.75) is 72.6 Å². The van der Waals surface area contributed by atoms with Crippen LogP contribution in [0.3, 0.4) is 0 Å². The van der Waals surface area contributed by atoms with Crippen molar-refractivity contribution in [1.29, 1.82) is 0 Å². The van der Waals surface area contributed by atoms with Crippen LogP contribution >= 0.6 is 0 Å². The van der Waals surface area contributed by atoms with Crippen molar-refractivity contribution >= 4 is 18.4 Å². The van der Waals surface area contributed by atoms with E-state index in [0.29, 0.717) is 0 Å². The van der Waals surface area contributed by atoms with E-state index in [2.05, 4.69) is 30.8 Å². The van der Waals surface area contributed by atoms with Gasteiger partial charge in [-0.05, 0) is 0 Å². The molecule has 4 heteroatoms. The van der Waals surface area contributed by atoms with Crippen LogP contribution in [0.5, 0.6) is 0 Å². The van der Waals surface area contributed by atoms with Crippen molar-refractivity contribution < 1.29 is 0 Å². The third kappa shape index (κ3) is 7.93. The second-order valence-corrected chi connectivity index (χ2v) is 18.9. The fraction of sp³-hybridized carbons (Fsp3) is 1.00. The molecule has 0 aliphatic heterocycles. The molecule has 0 unspecified atom stereocenters. The van der Waals surface area contributed by atoms with Crippen LogP contribution in [-0.2, 0) is 0 Å². The molecule has 0 aliphatic carbocycles. The Morgan fingerprint density at radius 2 is 1.29 bits per heavy atom. The Hall–Kier alpha value is 0.109. The maximum absolute atomic E-state index is 8.60. The minimum absolute atomic E-state index is 0.908. The van der Waals surface area contributed by atoms with Gasteiger partial charge in [-0.2, -0.15) is 0 Å². The summed E-state index contributed by atoms with van der Waals surface area (Å²) in [4.78, 5) is 3.02. The van der Waals surface area contributed by atoms with Gasteiger partial charge in [-0.15, -0.1) is 0 Å². The number of hydrogen-bond donors (Lipinski definition) is 0. The molecular weight excluding hydrogens is 317 g/mol. The third-order valence-corrected chi connectivity index (χ3v) is 18.1. The van der Waals surface area contributed by atoms with Crippen molar-refractivity contribution in [1.82, 2.24) is 0 Å². The Kier molecular flexibility index (Phi) is 11.3. The molecule has 0 radical (unpaired) electrons. The molecule has 0 saturated heterocycles. The number of azide groups is 1. The van der Waals surface area contributed by atoms with Gasteiger partial charge in [-0.25, -0.2) is 0 Å². The first-order valence-electron chi connectivity index (χ1n) is 7.25. The molecule has 3 nitrogen and oxygen atoms in total. The van der Waals surface area contributed by atoms with Gasteiger partial charge in [-0.3, -0.25) is 0 Å². The van der Waals surface area contributed by atoms with Crippen LogP contribution in [0.2, 0.25) is 13.3 Å². The molecule has 0 fully saturated rings. The maximum atomic E-state index is 8.60. The SMILES string of the molecule is CCC[CH2][Sn]([CH2]CCC)([CH2]CCC)[CH2]N=[N+]=[N-]. The summed E-state index contributed by atoms with van der Waals surface area (Å²) in [6.07, 6.45) is 7.91. The Morgan fingerprint density at radius 1 is 0.882 bits per heavy atom. The Labute approximate surface area is 111 Å². The van der Waals surface area contributed by atoms with Crippen LogP contribution in [-0.4, -0.2) is 22.9 Å². The van der Waals surface area contributed by atoms with Crippen molar-refractivity contribution in [3.63, 3.8) is 0 Å². The zero-order chi connectivity index (χ0) is 13.0. The topological polar surface area (TPSA) is 48.8 Å². The molecule has 0 rings (SSSR count). The molecule has 0 spiro atoms. The first-order chi connectivity index (χ1) is 8.24. The van der Waals surface area contributed by atoms with Gasteiger partial charge in [0.25, 0.3) is 0 Å². The quantitative estimate of drug-likeness (QED) is 0.200. The minimum atomic E-state index is -2.11. The first-order valence-corrected chi connectivity index (χ1v) is 15.3. The van der Waals surface area contributed by atoms with E-state index < -0.39 is 18.4 Å². The summed E-state index contributed by atoms with van der Waals surface area (Å²) < 4.78 is 5.21. The summed E-state index contributed by atoms with van der Waals surface area (Å²) in [7, 11) is 0. The molecule has 100 valence electrons. The van der Waals surface area contributed by atoms with Crippen LogP contribution < -0.4 is 0 Å². The van der Waals surface area contributed by atoms with E-state index in [9.17, 15) is 0 Å². The molecule has 0 aromatic rings. The molecule has 0 amide bonds. The van der Waals surface area contributed by atoms with Gasteiger partial charge < -0.3 is 0 Å². The molecule has 0 N–H and O–H groups in total. The van der Waals surface area contributed by atoms with E-state index >= 15 is 0 Å². The normalized spacial score (nSPS) is 11.2. The van der Waals surface area contributed by atoms with Crippen LogP contribution in [0.25, 0.3) is 10.4 Å². The van der Waals surface area contributed by atoms with Gasteiger partial charge in [0, 0.05) is 0 Å². The van der Waals surface area contributed by atoms with Crippen molar-refractivity contribution in [2.24, 2.45) is 5.11 Å². The van der Waals surface area contributed by atoms with Crippen molar-refractivity contribution in [2.75, 3.05) is 4.56 Å². The number of nitrogens with zero attached hydrogens (tertiary/aromatic N) is 3. The number of unbranched alkanes of at least 4 members (excludes halogenated alkanes) is 3. The summed E-state index contributed by atoms with van der Waals surface area (Å²) in [6, 6.07) is 0. The van der Waals surface area contributed by atoms with Crippen LogP contribution in [0.1, 0.15) is 59.3 Å². The summed E-state index contributed by atoms with van der Waals surface area (Å²) in [5.74, 6) is 0. The van der Waals surface area contributed by atoms with Crippen LogP contribution in [0.4, 0.5) is 0 Å². The summed E-state index contributed by atoms with van der Waals surface area (Å²) in [5, 5.41) is 3.98. The number of rotatable bonds is 11. The predicted molar refractivity (Wildman–Crippen MR) is 78.9 cm³/mol. The fourth-order valence-corrected chi connectivity index (χ4v) is 16.4. The fourth-order valence-electron chi connectivity index (χ4n) is 2.45. The summed E-state index contributed by atoms with van der Waals surface area (Å²) >= 11 is -2.11. The van der Waals surface area contributed by atoms with Gasteiger partial charge in [0.15, 0.2) is 0 Å². The molecule has 0 atom stereocenters. The zero-order valence-electron chi connectivity index (χ0n) is 11.9. The number of hydrogen-bond acceptors (Lipinski definition) is 1. The average molecular weight is 346 g/mol. The van der Waals surface area contributed by atoms with E-state index in [0.717, 1.165) is 4.56 Å². The standard InChI is InChI=1S/3C4H9.CH2N3.Sn/c4*1-3-4-2;/h3*1,3-4H2,2H3;1H2;. The summed E-state index contributed by atoms with van der Waals surface area (Å²) in [6.45, 7) is 6.80. The molecule has 0 saturated carbocycles. The van der Waals surface area contributed by atoms with E-state index in [1.54, 1.807) is 0 Å². The van der Waals surface area contributed by atoms with Gasteiger partial charge in [0.05, 0.1) is 0 Å². The molecule has 0 aromatic heterocycles. The van der Waals surface area contributed by atoms with Gasteiger partial charge >= 0.3 is 111 Å². The zero-order valence-corrected chi connectivity index (χ0v) is 14.8.